The first-order chi connectivity index (χ1) is 15.9. The van der Waals surface area contributed by atoms with Gasteiger partial charge < -0.3 is 5.01 Å². The molecule has 1 aromatic carbocycles. The highest BCUT2D eigenvalue weighted by Crippen LogP contribution is 2.38. The van der Waals surface area contributed by atoms with E-state index in [2.05, 4.69) is 92.0 Å². The molecule has 4 rings (SSSR count). The zero-order valence-corrected chi connectivity index (χ0v) is 21.1. The Morgan fingerprint density at radius 2 is 1.91 bits per heavy atom. The fourth-order valence-electron chi connectivity index (χ4n) is 4.63. The second-order valence-corrected chi connectivity index (χ2v) is 10.0. The second kappa shape index (κ2) is 10.1. The van der Waals surface area contributed by atoms with E-state index in [0.29, 0.717) is 11.8 Å². The van der Waals surface area contributed by atoms with Crippen LogP contribution in [-0.2, 0) is 6.54 Å². The summed E-state index contributed by atoms with van der Waals surface area (Å²) >= 11 is 0. The lowest BCUT2D eigenvalue weighted by molar-refractivity contribution is 0.0736. The number of nitrogens with zero attached hydrogens (tertiary/aromatic N) is 5. The highest BCUT2D eigenvalue weighted by molar-refractivity contribution is 5.82. The molecule has 1 aliphatic heterocycles. The molecular weight excluding hydrogens is 406 g/mol. The van der Waals surface area contributed by atoms with Crippen molar-refractivity contribution in [3.05, 3.63) is 59.6 Å². The monoisotopic (exact) mass is 445 g/mol. The fourth-order valence-corrected chi connectivity index (χ4v) is 4.63. The van der Waals surface area contributed by atoms with E-state index in [1.807, 2.05) is 18.5 Å². The minimum absolute atomic E-state index is 0.480. The van der Waals surface area contributed by atoms with E-state index in [9.17, 15) is 0 Å². The summed E-state index contributed by atoms with van der Waals surface area (Å²) in [5, 5.41) is 9.65. The van der Waals surface area contributed by atoms with Gasteiger partial charge in [0.05, 0.1) is 0 Å². The van der Waals surface area contributed by atoms with Gasteiger partial charge in [0.2, 0.25) is 0 Å². The van der Waals surface area contributed by atoms with Crippen molar-refractivity contribution >= 4 is 11.8 Å². The number of hydrogen-bond acceptors (Lipinski definition) is 4. The number of hydrogen-bond donors (Lipinski definition) is 0. The van der Waals surface area contributed by atoms with Crippen molar-refractivity contribution in [3.8, 4) is 11.3 Å². The lowest BCUT2D eigenvalue weighted by Gasteiger charge is -2.30. The van der Waals surface area contributed by atoms with Crippen molar-refractivity contribution < 1.29 is 0 Å². The smallest absolute Gasteiger partial charge is 0.100 e. The summed E-state index contributed by atoms with van der Waals surface area (Å²) in [6.07, 6.45) is 12.9. The van der Waals surface area contributed by atoms with E-state index < -0.39 is 0 Å². The minimum Gasteiger partial charge on any atom is -0.313 e. The average Bonchev–Trinajstić information content (AvgIpc) is 3.54. The lowest BCUT2D eigenvalue weighted by atomic mass is 9.93. The van der Waals surface area contributed by atoms with Gasteiger partial charge in [-0.25, -0.2) is 5.01 Å². The summed E-state index contributed by atoms with van der Waals surface area (Å²) in [5.74, 6) is 1.99. The van der Waals surface area contributed by atoms with Crippen LogP contribution in [0.15, 0.2) is 47.9 Å². The number of allylic oxidation sites excluding steroid dienone is 1. The van der Waals surface area contributed by atoms with Gasteiger partial charge in [-0.05, 0) is 73.3 Å². The van der Waals surface area contributed by atoms with Crippen molar-refractivity contribution in [2.75, 3.05) is 20.1 Å². The van der Waals surface area contributed by atoms with E-state index in [1.54, 1.807) is 0 Å². The van der Waals surface area contributed by atoms with Crippen molar-refractivity contribution in [2.45, 2.75) is 59.9 Å². The van der Waals surface area contributed by atoms with Crippen LogP contribution in [0.1, 0.15) is 63.1 Å². The quantitative estimate of drug-likeness (QED) is 0.514. The van der Waals surface area contributed by atoms with Crippen molar-refractivity contribution in [2.24, 2.45) is 16.8 Å². The molecule has 0 spiro atoms. The Morgan fingerprint density at radius 1 is 1.12 bits per heavy atom. The Labute approximate surface area is 199 Å². The predicted octanol–water partition coefficient (Wildman–Crippen LogP) is 6.14. The summed E-state index contributed by atoms with van der Waals surface area (Å²) in [4.78, 5) is 4.60. The number of benzene rings is 1. The van der Waals surface area contributed by atoms with Crippen LogP contribution in [0.4, 0.5) is 0 Å². The molecule has 0 N–H and O–H groups in total. The van der Waals surface area contributed by atoms with Gasteiger partial charge in [0.1, 0.15) is 5.69 Å². The maximum atomic E-state index is 5.18. The highest BCUT2D eigenvalue weighted by atomic mass is 15.6. The van der Waals surface area contributed by atoms with Crippen LogP contribution in [0.3, 0.4) is 0 Å². The maximum absolute atomic E-state index is 5.18. The first kappa shape index (κ1) is 23.5. The molecule has 1 aromatic heterocycles. The van der Waals surface area contributed by atoms with Crippen molar-refractivity contribution in [1.29, 1.82) is 0 Å². The van der Waals surface area contributed by atoms with Crippen LogP contribution in [0, 0.1) is 18.8 Å². The van der Waals surface area contributed by atoms with E-state index in [4.69, 9.17) is 5.10 Å². The molecule has 1 unspecified atom stereocenters. The number of aromatic nitrogens is 2. The number of aliphatic imine (C=N–C) groups is 1. The number of hydrazine groups is 1. The Bertz CT molecular complexity index is 1050. The Balaban J connectivity index is 1.80. The third-order valence-electron chi connectivity index (χ3n) is 7.02. The molecule has 1 atom stereocenters. The topological polar surface area (TPSA) is 36.7 Å². The van der Waals surface area contributed by atoms with E-state index >= 15 is 0 Å². The predicted molar refractivity (Wildman–Crippen MR) is 139 cm³/mol. The summed E-state index contributed by atoms with van der Waals surface area (Å²) < 4.78 is 2.18. The van der Waals surface area contributed by atoms with E-state index in [0.717, 1.165) is 31.2 Å². The van der Waals surface area contributed by atoms with Gasteiger partial charge in [0.15, 0.2) is 0 Å². The first-order valence-corrected chi connectivity index (χ1v) is 12.4. The summed E-state index contributed by atoms with van der Waals surface area (Å²) in [6, 6.07) is 6.82. The normalized spacial score (nSPS) is 21.8. The van der Waals surface area contributed by atoms with Gasteiger partial charge in [-0.3, -0.25) is 9.67 Å². The third kappa shape index (κ3) is 5.47. The van der Waals surface area contributed by atoms with Gasteiger partial charge in [-0.15, -0.1) is 0 Å². The van der Waals surface area contributed by atoms with Crippen LogP contribution in [0.2, 0.25) is 0 Å². The molecule has 2 aliphatic rings. The highest BCUT2D eigenvalue weighted by Gasteiger charge is 2.29. The third-order valence-corrected chi connectivity index (χ3v) is 7.02. The maximum Gasteiger partial charge on any atom is 0.100 e. The van der Waals surface area contributed by atoms with Crippen LogP contribution in [0.5, 0.6) is 0 Å². The molecular formula is C28H39N5. The van der Waals surface area contributed by atoms with Crippen LogP contribution < -0.4 is 0 Å². The molecule has 0 bridgehead atoms. The molecule has 0 radical (unpaired) electrons. The molecule has 5 nitrogen and oxygen atoms in total. The Morgan fingerprint density at radius 3 is 2.61 bits per heavy atom. The summed E-state index contributed by atoms with van der Waals surface area (Å²) in [5.41, 5.74) is 7.28. The van der Waals surface area contributed by atoms with Crippen LogP contribution in [-0.4, -0.2) is 46.2 Å². The zero-order valence-electron chi connectivity index (χ0n) is 21.1. The van der Waals surface area contributed by atoms with Gasteiger partial charge in [-0.2, -0.15) is 5.10 Å². The molecule has 176 valence electrons. The molecule has 2 heterocycles. The fraction of sp³-hybridized carbons (Fsp3) is 0.500. The van der Waals surface area contributed by atoms with Gasteiger partial charge in [0, 0.05) is 62.6 Å². The van der Waals surface area contributed by atoms with Gasteiger partial charge in [-0.1, -0.05) is 32.9 Å². The van der Waals surface area contributed by atoms with Gasteiger partial charge in [0.25, 0.3) is 0 Å². The lowest BCUT2D eigenvalue weighted by Crippen LogP contribution is -2.36. The average molecular weight is 446 g/mol. The van der Waals surface area contributed by atoms with E-state index in [1.165, 1.54) is 40.7 Å². The van der Waals surface area contributed by atoms with Crippen LogP contribution in [0.25, 0.3) is 16.8 Å². The Kier molecular flexibility index (Phi) is 7.18. The largest absolute Gasteiger partial charge is 0.313 e. The minimum atomic E-state index is 0.480. The molecule has 1 fully saturated rings. The number of likely N-dealkylation sites (N-methyl/N-ethyl adjacent to an activating group) is 1. The molecule has 1 aliphatic carbocycles. The summed E-state index contributed by atoms with van der Waals surface area (Å²) in [6.45, 7) is 13.9. The Hall–Kier alpha value is -2.66. The molecule has 33 heavy (non-hydrogen) atoms. The summed E-state index contributed by atoms with van der Waals surface area (Å²) in [7, 11) is 2.14. The van der Waals surface area contributed by atoms with Crippen molar-refractivity contribution in [3.63, 3.8) is 0 Å². The molecule has 1 saturated carbocycles. The molecule has 0 amide bonds. The first-order valence-electron chi connectivity index (χ1n) is 12.4. The SMILES string of the molecule is CCN1\C=C/C=N\C=C(/c2cn(CC(C)C3CC3)nc2-c2cc(C(C)C)ccc2C)CN1C. The van der Waals surface area contributed by atoms with Crippen LogP contribution >= 0.6 is 0 Å². The zero-order chi connectivity index (χ0) is 23.5. The van der Waals surface area contributed by atoms with Gasteiger partial charge >= 0.3 is 0 Å². The standard InChI is InChI=1S/C28H39N5/c1-7-33-14-8-13-29-16-25(18-31(33)6)27-19-32(17-22(5)23-11-12-23)30-28(27)26-15-24(20(2)3)10-9-21(26)4/h8-10,13-16,19-20,22-23H,7,11-12,17-18H2,1-6H3/b14-8-,25-16-,29-13-. The number of rotatable bonds is 7. The number of aryl methyl sites for hydroxylation is 1. The molecule has 2 aromatic rings. The van der Waals surface area contributed by atoms with Crippen molar-refractivity contribution in [1.82, 2.24) is 19.8 Å². The molecule has 5 heteroatoms. The second-order valence-electron chi connectivity index (χ2n) is 10.0. The molecule has 0 saturated heterocycles. The van der Waals surface area contributed by atoms with E-state index in [-0.39, 0.29) is 0 Å².